The summed E-state index contributed by atoms with van der Waals surface area (Å²) in [5, 5.41) is 6.28. The molecule has 1 saturated carbocycles. The Morgan fingerprint density at radius 2 is 1.97 bits per heavy atom. The quantitative estimate of drug-likeness (QED) is 0.555. The molecule has 1 aromatic heterocycles. The number of hydrogen-bond donors (Lipinski definition) is 2. The van der Waals surface area contributed by atoms with E-state index in [2.05, 4.69) is 27.4 Å². The summed E-state index contributed by atoms with van der Waals surface area (Å²) in [4.78, 5) is 26.3. The number of aromatic nitrogens is 2. The maximum Gasteiger partial charge on any atom is 0.321 e. The Kier molecular flexibility index (Phi) is 7.46. The standard InChI is InChI=1S/C27H36F2N6O2/c1-3-19-7-9-35(17-19)26(36)31-20-5-4-18(2)22(14-20)23-15-24(30-21-6-8-27(28,29)16-21)33-25(32-23)34-10-12-37-13-11-34/h4-5,14-15,19,21H,3,6-13,16-17H2,1-2H3,(H,31,36)(H,30,32,33)/t19-,21-/m1/s1. The predicted molar refractivity (Wildman–Crippen MR) is 140 cm³/mol. The number of carbonyl (C=O) groups excluding carboxylic acids is 1. The molecule has 200 valence electrons. The highest BCUT2D eigenvalue weighted by Crippen LogP contribution is 2.37. The van der Waals surface area contributed by atoms with Crippen LogP contribution >= 0.6 is 0 Å². The van der Waals surface area contributed by atoms with Gasteiger partial charge in [0.15, 0.2) is 0 Å². The Morgan fingerprint density at radius 3 is 2.68 bits per heavy atom. The summed E-state index contributed by atoms with van der Waals surface area (Å²) in [5.41, 5.74) is 3.24. The number of nitrogens with zero attached hydrogens (tertiary/aromatic N) is 4. The van der Waals surface area contributed by atoms with E-state index in [0.29, 0.717) is 61.8 Å². The van der Waals surface area contributed by atoms with Gasteiger partial charge in [-0.3, -0.25) is 0 Å². The van der Waals surface area contributed by atoms with Crippen LogP contribution in [-0.4, -0.2) is 72.3 Å². The summed E-state index contributed by atoms with van der Waals surface area (Å²) in [6.07, 6.45) is 2.20. The average Bonchev–Trinajstić information content (AvgIpc) is 3.51. The number of likely N-dealkylation sites (tertiary alicyclic amines) is 1. The molecule has 10 heteroatoms. The van der Waals surface area contributed by atoms with Crippen LogP contribution in [0.3, 0.4) is 0 Å². The van der Waals surface area contributed by atoms with Gasteiger partial charge in [-0.1, -0.05) is 19.4 Å². The lowest BCUT2D eigenvalue weighted by Gasteiger charge is -2.28. The van der Waals surface area contributed by atoms with Gasteiger partial charge in [0.25, 0.3) is 0 Å². The number of rotatable bonds is 6. The third-order valence-corrected chi connectivity index (χ3v) is 7.68. The molecule has 2 atom stereocenters. The number of amides is 2. The lowest BCUT2D eigenvalue weighted by molar-refractivity contribution is 0.00851. The Labute approximate surface area is 216 Å². The third kappa shape index (κ3) is 6.11. The Bertz CT molecular complexity index is 1120. The van der Waals surface area contributed by atoms with Crippen molar-refractivity contribution in [2.24, 2.45) is 5.92 Å². The van der Waals surface area contributed by atoms with Gasteiger partial charge in [-0.15, -0.1) is 0 Å². The number of aryl methyl sites for hydroxylation is 1. The van der Waals surface area contributed by atoms with Crippen molar-refractivity contribution >= 4 is 23.5 Å². The van der Waals surface area contributed by atoms with Crippen molar-refractivity contribution in [3.8, 4) is 11.3 Å². The molecule has 37 heavy (non-hydrogen) atoms. The fraction of sp³-hybridized carbons (Fsp3) is 0.593. The molecule has 2 aliphatic heterocycles. The summed E-state index contributed by atoms with van der Waals surface area (Å²) in [7, 11) is 0. The predicted octanol–water partition coefficient (Wildman–Crippen LogP) is 5.15. The van der Waals surface area contributed by atoms with E-state index in [4.69, 9.17) is 9.72 Å². The van der Waals surface area contributed by atoms with Crippen LogP contribution < -0.4 is 15.5 Å². The van der Waals surface area contributed by atoms with Gasteiger partial charge in [0.05, 0.1) is 18.9 Å². The number of benzene rings is 1. The number of carbonyl (C=O) groups is 1. The zero-order chi connectivity index (χ0) is 26.0. The van der Waals surface area contributed by atoms with Crippen molar-refractivity contribution in [3.05, 3.63) is 29.8 Å². The first kappa shape index (κ1) is 25.6. The van der Waals surface area contributed by atoms with Gasteiger partial charge >= 0.3 is 6.03 Å². The molecule has 3 heterocycles. The molecule has 8 nitrogen and oxygen atoms in total. The smallest absolute Gasteiger partial charge is 0.321 e. The van der Waals surface area contributed by atoms with Crippen LogP contribution in [0.4, 0.5) is 31.0 Å². The highest BCUT2D eigenvalue weighted by atomic mass is 19.3. The monoisotopic (exact) mass is 514 g/mol. The molecule has 3 fully saturated rings. The lowest BCUT2D eigenvalue weighted by Crippen LogP contribution is -2.37. The maximum absolute atomic E-state index is 13.8. The normalized spacial score (nSPS) is 23.4. The van der Waals surface area contributed by atoms with E-state index in [1.54, 1.807) is 0 Å². The molecule has 2 N–H and O–H groups in total. The van der Waals surface area contributed by atoms with E-state index in [1.165, 1.54) is 0 Å². The summed E-state index contributed by atoms with van der Waals surface area (Å²) in [6, 6.07) is 7.18. The summed E-state index contributed by atoms with van der Waals surface area (Å²) in [5.74, 6) is -1.00. The average molecular weight is 515 g/mol. The van der Waals surface area contributed by atoms with Gasteiger partial charge in [0, 0.05) is 62.4 Å². The molecule has 2 amide bonds. The minimum absolute atomic E-state index is 0.0908. The van der Waals surface area contributed by atoms with Gasteiger partial charge in [0.1, 0.15) is 5.82 Å². The second-order valence-electron chi connectivity index (χ2n) is 10.4. The van der Waals surface area contributed by atoms with Crippen molar-refractivity contribution in [2.75, 3.05) is 54.9 Å². The SMILES string of the molecule is CC[C@@H]1CCN(C(=O)Nc2ccc(C)c(-c3cc(N[C@@H]4CCC(F)(F)C4)nc(N4CCOCC4)n3)c2)C1. The maximum atomic E-state index is 13.8. The van der Waals surface area contributed by atoms with E-state index in [0.717, 1.165) is 37.1 Å². The highest BCUT2D eigenvalue weighted by Gasteiger charge is 2.39. The Balaban J connectivity index is 1.41. The van der Waals surface area contributed by atoms with Crippen molar-refractivity contribution in [1.82, 2.24) is 14.9 Å². The molecule has 2 aromatic rings. The lowest BCUT2D eigenvalue weighted by atomic mass is 10.0. The van der Waals surface area contributed by atoms with E-state index in [-0.39, 0.29) is 24.9 Å². The van der Waals surface area contributed by atoms with Crippen molar-refractivity contribution in [1.29, 1.82) is 0 Å². The topological polar surface area (TPSA) is 82.6 Å². The molecule has 1 aliphatic carbocycles. The van der Waals surface area contributed by atoms with E-state index < -0.39 is 5.92 Å². The van der Waals surface area contributed by atoms with Gasteiger partial charge in [-0.05, 0) is 43.4 Å². The first-order valence-electron chi connectivity index (χ1n) is 13.3. The van der Waals surface area contributed by atoms with Crippen molar-refractivity contribution in [3.63, 3.8) is 0 Å². The molecule has 3 aliphatic rings. The second-order valence-corrected chi connectivity index (χ2v) is 10.4. The van der Waals surface area contributed by atoms with E-state index in [9.17, 15) is 13.6 Å². The fourth-order valence-electron chi connectivity index (χ4n) is 5.36. The van der Waals surface area contributed by atoms with Crippen LogP contribution in [0, 0.1) is 12.8 Å². The van der Waals surface area contributed by atoms with Gasteiger partial charge < -0.3 is 25.2 Å². The molecule has 0 radical (unpaired) electrons. The largest absolute Gasteiger partial charge is 0.378 e. The zero-order valence-electron chi connectivity index (χ0n) is 21.6. The summed E-state index contributed by atoms with van der Waals surface area (Å²) in [6.45, 7) is 8.20. The van der Waals surface area contributed by atoms with Crippen LogP contribution in [0.1, 0.15) is 44.6 Å². The van der Waals surface area contributed by atoms with Crippen molar-refractivity contribution < 1.29 is 18.3 Å². The summed E-state index contributed by atoms with van der Waals surface area (Å²) < 4.78 is 33.2. The Morgan fingerprint density at radius 1 is 1.16 bits per heavy atom. The number of alkyl halides is 2. The number of urea groups is 1. The Hall–Kier alpha value is -3.01. The number of halogens is 2. The van der Waals surface area contributed by atoms with E-state index in [1.807, 2.05) is 36.1 Å². The first-order chi connectivity index (χ1) is 17.8. The first-order valence-corrected chi connectivity index (χ1v) is 13.3. The van der Waals surface area contributed by atoms with Crippen LogP contribution in [0.15, 0.2) is 24.3 Å². The van der Waals surface area contributed by atoms with Gasteiger partial charge in [-0.25, -0.2) is 18.6 Å². The molecule has 1 aromatic carbocycles. The number of ether oxygens (including phenoxy) is 1. The van der Waals surface area contributed by atoms with Gasteiger partial charge in [-0.2, -0.15) is 4.98 Å². The number of morpholine rings is 1. The number of nitrogens with one attached hydrogen (secondary N) is 2. The van der Waals surface area contributed by atoms with Gasteiger partial charge in [0.2, 0.25) is 11.9 Å². The number of hydrogen-bond acceptors (Lipinski definition) is 6. The third-order valence-electron chi connectivity index (χ3n) is 7.68. The minimum atomic E-state index is -2.64. The molecule has 5 rings (SSSR count). The zero-order valence-corrected chi connectivity index (χ0v) is 21.6. The molecule has 0 bridgehead atoms. The molecule has 0 unspecified atom stereocenters. The highest BCUT2D eigenvalue weighted by molar-refractivity contribution is 5.90. The fourth-order valence-corrected chi connectivity index (χ4v) is 5.36. The molecular formula is C27H36F2N6O2. The van der Waals surface area contributed by atoms with Crippen LogP contribution in [-0.2, 0) is 4.74 Å². The second kappa shape index (κ2) is 10.8. The molecular weight excluding hydrogens is 478 g/mol. The van der Waals surface area contributed by atoms with E-state index >= 15 is 0 Å². The van der Waals surface area contributed by atoms with Crippen LogP contribution in [0.2, 0.25) is 0 Å². The molecule has 0 spiro atoms. The molecule has 2 saturated heterocycles. The van der Waals surface area contributed by atoms with Crippen LogP contribution in [0.5, 0.6) is 0 Å². The van der Waals surface area contributed by atoms with Crippen LogP contribution in [0.25, 0.3) is 11.3 Å². The number of anilines is 3. The van der Waals surface area contributed by atoms with Crippen molar-refractivity contribution in [2.45, 2.75) is 57.9 Å². The minimum Gasteiger partial charge on any atom is -0.378 e. The summed E-state index contributed by atoms with van der Waals surface area (Å²) >= 11 is 0.